The van der Waals surface area contributed by atoms with Gasteiger partial charge in [0, 0.05) is 22.5 Å². The van der Waals surface area contributed by atoms with E-state index in [1.807, 2.05) is 24.3 Å². The Bertz CT molecular complexity index is 2000. The average molecular weight is 539 g/mol. The molecule has 0 saturated heterocycles. The summed E-state index contributed by atoms with van der Waals surface area (Å²) in [5.74, 6) is 1.87. The minimum absolute atomic E-state index is 0.934. The molecule has 0 saturated carbocycles. The summed E-state index contributed by atoms with van der Waals surface area (Å²) in [4.78, 5) is 10.0. The van der Waals surface area contributed by atoms with Gasteiger partial charge in [-0.1, -0.05) is 109 Å². The molecule has 0 aliphatic rings. The first-order valence-electron chi connectivity index (χ1n) is 14.1. The van der Waals surface area contributed by atoms with Gasteiger partial charge in [-0.2, -0.15) is 0 Å². The van der Waals surface area contributed by atoms with Crippen LogP contribution in [0.15, 0.2) is 158 Å². The number of nitrogens with zero attached hydrogens (tertiary/aromatic N) is 4. The maximum atomic E-state index is 5.01. The van der Waals surface area contributed by atoms with Crippen LogP contribution in [0.4, 0.5) is 0 Å². The molecule has 42 heavy (non-hydrogen) atoms. The first-order chi connectivity index (χ1) is 20.8. The lowest BCUT2D eigenvalue weighted by atomic mass is 10.0. The molecule has 0 aliphatic carbocycles. The summed E-state index contributed by atoms with van der Waals surface area (Å²) in [7, 11) is 0. The van der Waals surface area contributed by atoms with Crippen molar-refractivity contribution in [3.05, 3.63) is 158 Å². The van der Waals surface area contributed by atoms with E-state index in [0.717, 1.165) is 67.3 Å². The number of aromatic nitrogens is 4. The molecule has 0 unspecified atom stereocenters. The van der Waals surface area contributed by atoms with Gasteiger partial charge >= 0.3 is 0 Å². The third-order valence-electron chi connectivity index (χ3n) is 7.77. The zero-order chi connectivity index (χ0) is 27.9. The van der Waals surface area contributed by atoms with Crippen molar-refractivity contribution in [3.63, 3.8) is 0 Å². The Kier molecular flexibility index (Phi) is 5.75. The normalized spacial score (nSPS) is 11.3. The van der Waals surface area contributed by atoms with E-state index >= 15 is 0 Å². The first kappa shape index (κ1) is 24.1. The largest absolute Gasteiger partial charge is 0.292 e. The van der Waals surface area contributed by atoms with E-state index in [1.165, 1.54) is 0 Å². The van der Waals surface area contributed by atoms with Crippen LogP contribution in [0.1, 0.15) is 0 Å². The molecule has 0 bridgehead atoms. The molecule has 2 heterocycles. The fourth-order valence-electron chi connectivity index (χ4n) is 5.74. The van der Waals surface area contributed by atoms with Gasteiger partial charge in [0.2, 0.25) is 0 Å². The van der Waals surface area contributed by atoms with Crippen LogP contribution < -0.4 is 0 Å². The fourth-order valence-corrected chi connectivity index (χ4v) is 5.74. The molecule has 0 spiro atoms. The number of benzene rings is 6. The van der Waals surface area contributed by atoms with E-state index in [1.54, 1.807) is 0 Å². The maximum Gasteiger partial charge on any atom is 0.145 e. The highest BCUT2D eigenvalue weighted by Crippen LogP contribution is 2.32. The van der Waals surface area contributed by atoms with Gasteiger partial charge < -0.3 is 0 Å². The van der Waals surface area contributed by atoms with Crippen LogP contribution in [0.3, 0.4) is 0 Å². The molecule has 198 valence electrons. The SMILES string of the molecule is c1ccc(-n2c(-c3ccc(-c4ccc(-c5nc6ccccc6n5-c5ccccc5)cc4)cc3)nc3ccccc32)cc1. The van der Waals surface area contributed by atoms with Gasteiger partial charge in [0.25, 0.3) is 0 Å². The van der Waals surface area contributed by atoms with Crippen LogP contribution in [-0.2, 0) is 0 Å². The monoisotopic (exact) mass is 538 g/mol. The third-order valence-corrected chi connectivity index (χ3v) is 7.77. The van der Waals surface area contributed by atoms with E-state index in [4.69, 9.17) is 9.97 Å². The van der Waals surface area contributed by atoms with Gasteiger partial charge in [0.15, 0.2) is 0 Å². The maximum absolute atomic E-state index is 5.01. The smallest absolute Gasteiger partial charge is 0.145 e. The molecule has 0 aliphatic heterocycles. The lowest BCUT2D eigenvalue weighted by molar-refractivity contribution is 1.10. The number of hydrogen-bond donors (Lipinski definition) is 0. The summed E-state index contributed by atoms with van der Waals surface area (Å²) < 4.78 is 4.47. The molecular weight excluding hydrogens is 512 g/mol. The van der Waals surface area contributed by atoms with Crippen LogP contribution >= 0.6 is 0 Å². The number of rotatable bonds is 5. The minimum atomic E-state index is 0.934. The number of fused-ring (bicyclic) bond motifs is 2. The second-order valence-electron chi connectivity index (χ2n) is 10.3. The molecule has 0 atom stereocenters. The Labute approximate surface area is 243 Å². The van der Waals surface area contributed by atoms with Gasteiger partial charge in [-0.15, -0.1) is 0 Å². The van der Waals surface area contributed by atoms with Crippen molar-refractivity contribution in [3.8, 4) is 45.3 Å². The summed E-state index contributed by atoms with van der Waals surface area (Å²) in [5, 5.41) is 0. The summed E-state index contributed by atoms with van der Waals surface area (Å²) in [5.41, 5.74) is 10.8. The summed E-state index contributed by atoms with van der Waals surface area (Å²) in [6.45, 7) is 0. The lowest BCUT2D eigenvalue weighted by Gasteiger charge is -2.11. The summed E-state index contributed by atoms with van der Waals surface area (Å²) in [6, 6.07) is 54.8. The molecule has 8 rings (SSSR count). The third kappa shape index (κ3) is 4.09. The highest BCUT2D eigenvalue weighted by atomic mass is 15.1. The lowest BCUT2D eigenvalue weighted by Crippen LogP contribution is -1.97. The van der Waals surface area contributed by atoms with E-state index < -0.39 is 0 Å². The molecule has 6 aromatic carbocycles. The van der Waals surface area contributed by atoms with Crippen LogP contribution in [-0.4, -0.2) is 19.1 Å². The zero-order valence-electron chi connectivity index (χ0n) is 22.8. The molecule has 2 aromatic heterocycles. The molecular formula is C38H26N4. The number of imidazole rings is 2. The van der Waals surface area contributed by atoms with E-state index in [0.29, 0.717) is 0 Å². The predicted molar refractivity (Wildman–Crippen MR) is 172 cm³/mol. The van der Waals surface area contributed by atoms with Crippen LogP contribution in [0.5, 0.6) is 0 Å². The molecule has 0 amide bonds. The van der Waals surface area contributed by atoms with Gasteiger partial charge in [0.05, 0.1) is 22.1 Å². The second kappa shape index (κ2) is 10.0. The Hall–Kier alpha value is -5.74. The van der Waals surface area contributed by atoms with Crippen molar-refractivity contribution in [2.75, 3.05) is 0 Å². The Balaban J connectivity index is 1.16. The topological polar surface area (TPSA) is 35.6 Å². The van der Waals surface area contributed by atoms with Gasteiger partial charge in [-0.05, 0) is 59.7 Å². The second-order valence-corrected chi connectivity index (χ2v) is 10.3. The van der Waals surface area contributed by atoms with E-state index in [9.17, 15) is 0 Å². The highest BCUT2D eigenvalue weighted by Gasteiger charge is 2.16. The van der Waals surface area contributed by atoms with E-state index in [2.05, 4.69) is 143 Å². The number of para-hydroxylation sites is 6. The van der Waals surface area contributed by atoms with Gasteiger partial charge in [-0.25, -0.2) is 9.97 Å². The molecule has 0 fully saturated rings. The van der Waals surface area contributed by atoms with Crippen LogP contribution in [0.2, 0.25) is 0 Å². The molecule has 4 heteroatoms. The van der Waals surface area contributed by atoms with Crippen molar-refractivity contribution in [2.45, 2.75) is 0 Å². The van der Waals surface area contributed by atoms with Crippen molar-refractivity contribution in [2.24, 2.45) is 0 Å². The Morgan fingerprint density at radius 3 is 1.05 bits per heavy atom. The van der Waals surface area contributed by atoms with Crippen molar-refractivity contribution in [1.29, 1.82) is 0 Å². The minimum Gasteiger partial charge on any atom is -0.292 e. The molecule has 0 N–H and O–H groups in total. The summed E-state index contributed by atoms with van der Waals surface area (Å²) >= 11 is 0. The predicted octanol–water partition coefficient (Wildman–Crippen LogP) is 9.37. The Morgan fingerprint density at radius 1 is 0.310 bits per heavy atom. The van der Waals surface area contributed by atoms with Crippen LogP contribution in [0.25, 0.3) is 67.3 Å². The quantitative estimate of drug-likeness (QED) is 0.219. The fraction of sp³-hybridized carbons (Fsp3) is 0. The number of hydrogen-bond acceptors (Lipinski definition) is 2. The average Bonchev–Trinajstić information content (AvgIpc) is 3.65. The van der Waals surface area contributed by atoms with Crippen molar-refractivity contribution in [1.82, 2.24) is 19.1 Å². The van der Waals surface area contributed by atoms with Crippen molar-refractivity contribution >= 4 is 22.1 Å². The van der Waals surface area contributed by atoms with Crippen LogP contribution in [0, 0.1) is 0 Å². The standard InChI is InChI=1S/C38H26N4/c1-3-11-31(12-4-1)41-35-17-9-7-15-33(35)39-37(41)29-23-19-27(20-24-29)28-21-25-30(26-22-28)38-40-34-16-8-10-18-36(34)42(38)32-13-5-2-6-14-32/h1-26H. The van der Waals surface area contributed by atoms with Gasteiger partial charge in [-0.3, -0.25) is 9.13 Å². The molecule has 0 radical (unpaired) electrons. The highest BCUT2D eigenvalue weighted by molar-refractivity contribution is 5.85. The van der Waals surface area contributed by atoms with Gasteiger partial charge in [0.1, 0.15) is 11.6 Å². The molecule has 8 aromatic rings. The van der Waals surface area contributed by atoms with Crippen molar-refractivity contribution < 1.29 is 0 Å². The zero-order valence-corrected chi connectivity index (χ0v) is 22.8. The summed E-state index contributed by atoms with van der Waals surface area (Å²) in [6.07, 6.45) is 0. The van der Waals surface area contributed by atoms with E-state index in [-0.39, 0.29) is 0 Å². The Morgan fingerprint density at radius 2 is 0.643 bits per heavy atom. The first-order valence-corrected chi connectivity index (χ1v) is 14.1. The molecule has 4 nitrogen and oxygen atoms in total.